The van der Waals surface area contributed by atoms with Crippen molar-refractivity contribution in [2.45, 2.75) is 64.5 Å². The first-order valence-corrected chi connectivity index (χ1v) is 9.70. The fraction of sp³-hybridized carbons (Fsp3) is 0.737. The zero-order valence-electron chi connectivity index (χ0n) is 15.8. The van der Waals surface area contributed by atoms with Gasteiger partial charge in [-0.25, -0.2) is 4.79 Å². The minimum absolute atomic E-state index is 0.0829. The molecule has 7 nitrogen and oxygen atoms in total. The van der Waals surface area contributed by atoms with Gasteiger partial charge in [-0.05, 0) is 51.5 Å². The van der Waals surface area contributed by atoms with Crippen LogP contribution in [0.25, 0.3) is 0 Å². The first-order chi connectivity index (χ1) is 12.5. The Morgan fingerprint density at radius 3 is 2.58 bits per heavy atom. The standard InChI is InChI=1S/C19H30N4O3/c1-13-17(14(2)21-19(25)20-13)3-4-18(24)22-15-5-9-23(10-6-15)16-7-11-26-12-8-16/h15-16H,3-12H2,1-2H3,(H,22,24)(H,20,21,25). The number of carbonyl (C=O) groups is 1. The summed E-state index contributed by atoms with van der Waals surface area (Å²) in [5.74, 6) is 0.0829. The van der Waals surface area contributed by atoms with Gasteiger partial charge in [-0.3, -0.25) is 4.79 Å². The molecule has 26 heavy (non-hydrogen) atoms. The first kappa shape index (κ1) is 19.0. The van der Waals surface area contributed by atoms with E-state index in [1.165, 1.54) is 0 Å². The number of aromatic nitrogens is 2. The molecule has 0 saturated carbocycles. The lowest BCUT2D eigenvalue weighted by Crippen LogP contribution is -2.49. The Balaban J connectivity index is 1.42. The SMILES string of the molecule is Cc1nc(=O)[nH]c(C)c1CCC(=O)NC1CCN(C2CCOCC2)CC1. The summed E-state index contributed by atoms with van der Waals surface area (Å²) in [6, 6.07) is 0.925. The molecular formula is C19H30N4O3. The normalized spacial score (nSPS) is 20.2. The second-order valence-electron chi connectivity index (χ2n) is 7.45. The summed E-state index contributed by atoms with van der Waals surface area (Å²) in [6.45, 7) is 7.53. The first-order valence-electron chi connectivity index (χ1n) is 9.70. The van der Waals surface area contributed by atoms with Gasteiger partial charge in [0, 0.05) is 56.2 Å². The van der Waals surface area contributed by atoms with Crippen LogP contribution in [0.5, 0.6) is 0 Å². The van der Waals surface area contributed by atoms with E-state index in [4.69, 9.17) is 4.74 Å². The third-order valence-corrected chi connectivity index (χ3v) is 5.66. The number of ether oxygens (including phenoxy) is 1. The van der Waals surface area contributed by atoms with Crippen LogP contribution in [-0.2, 0) is 16.0 Å². The maximum absolute atomic E-state index is 12.3. The molecule has 0 radical (unpaired) electrons. The van der Waals surface area contributed by atoms with Crippen LogP contribution in [-0.4, -0.2) is 59.2 Å². The summed E-state index contributed by atoms with van der Waals surface area (Å²) in [5.41, 5.74) is 2.16. The number of piperidine rings is 1. The van der Waals surface area contributed by atoms with Crippen LogP contribution in [0.1, 0.15) is 49.1 Å². The Labute approximate surface area is 154 Å². The molecule has 2 saturated heterocycles. The van der Waals surface area contributed by atoms with Gasteiger partial charge < -0.3 is 19.9 Å². The summed E-state index contributed by atoms with van der Waals surface area (Å²) in [4.78, 5) is 32.9. The number of H-pyrrole nitrogens is 1. The molecule has 0 unspecified atom stereocenters. The Hall–Kier alpha value is -1.73. The molecule has 2 N–H and O–H groups in total. The van der Waals surface area contributed by atoms with Crippen LogP contribution in [0.15, 0.2) is 4.79 Å². The van der Waals surface area contributed by atoms with Gasteiger partial charge in [-0.1, -0.05) is 0 Å². The van der Waals surface area contributed by atoms with E-state index in [0.717, 1.165) is 63.2 Å². The number of amides is 1. The number of hydrogen-bond donors (Lipinski definition) is 2. The van der Waals surface area contributed by atoms with Crippen molar-refractivity contribution in [3.05, 3.63) is 27.4 Å². The average Bonchev–Trinajstić information content (AvgIpc) is 2.62. The maximum atomic E-state index is 12.3. The Morgan fingerprint density at radius 1 is 1.23 bits per heavy atom. The number of likely N-dealkylation sites (tertiary alicyclic amines) is 1. The van der Waals surface area contributed by atoms with Crippen LogP contribution >= 0.6 is 0 Å². The summed E-state index contributed by atoms with van der Waals surface area (Å²) in [6.07, 6.45) is 5.32. The zero-order valence-corrected chi connectivity index (χ0v) is 15.8. The van der Waals surface area contributed by atoms with Crippen molar-refractivity contribution in [2.75, 3.05) is 26.3 Å². The van der Waals surface area contributed by atoms with Crippen molar-refractivity contribution in [3.63, 3.8) is 0 Å². The van der Waals surface area contributed by atoms with Crippen molar-refractivity contribution < 1.29 is 9.53 Å². The van der Waals surface area contributed by atoms with E-state index in [2.05, 4.69) is 20.2 Å². The largest absolute Gasteiger partial charge is 0.381 e. The topological polar surface area (TPSA) is 87.3 Å². The molecule has 2 fully saturated rings. The number of rotatable bonds is 5. The van der Waals surface area contributed by atoms with E-state index in [1.807, 2.05) is 13.8 Å². The van der Waals surface area contributed by atoms with Gasteiger partial charge in [-0.2, -0.15) is 4.98 Å². The predicted octanol–water partition coefficient (Wildman–Crippen LogP) is 1.08. The van der Waals surface area contributed by atoms with Gasteiger partial charge in [0.25, 0.3) is 0 Å². The van der Waals surface area contributed by atoms with Crippen LogP contribution in [0, 0.1) is 13.8 Å². The van der Waals surface area contributed by atoms with Crippen molar-refractivity contribution in [1.29, 1.82) is 0 Å². The van der Waals surface area contributed by atoms with E-state index in [-0.39, 0.29) is 17.6 Å². The van der Waals surface area contributed by atoms with Gasteiger partial charge in [-0.15, -0.1) is 0 Å². The molecule has 0 spiro atoms. The van der Waals surface area contributed by atoms with Gasteiger partial charge >= 0.3 is 5.69 Å². The Kier molecular flexibility index (Phi) is 6.43. The van der Waals surface area contributed by atoms with Crippen LogP contribution in [0.4, 0.5) is 0 Å². The Bertz CT molecular complexity index is 648. The fourth-order valence-corrected chi connectivity index (χ4v) is 4.12. The number of nitrogens with one attached hydrogen (secondary N) is 2. The predicted molar refractivity (Wildman–Crippen MR) is 99.2 cm³/mol. The number of hydrogen-bond acceptors (Lipinski definition) is 5. The lowest BCUT2D eigenvalue weighted by Gasteiger charge is -2.39. The van der Waals surface area contributed by atoms with Gasteiger partial charge in [0.15, 0.2) is 0 Å². The second-order valence-corrected chi connectivity index (χ2v) is 7.45. The molecule has 3 rings (SSSR count). The molecule has 0 aliphatic carbocycles. The monoisotopic (exact) mass is 362 g/mol. The molecule has 3 heterocycles. The number of aromatic amines is 1. The molecule has 1 aromatic rings. The van der Waals surface area contributed by atoms with Gasteiger partial charge in [0.05, 0.1) is 0 Å². The minimum atomic E-state index is -0.329. The molecule has 0 aromatic carbocycles. The highest BCUT2D eigenvalue weighted by molar-refractivity contribution is 5.76. The van der Waals surface area contributed by atoms with E-state index < -0.39 is 0 Å². The number of aryl methyl sites for hydroxylation is 2. The maximum Gasteiger partial charge on any atom is 0.345 e. The second kappa shape index (κ2) is 8.77. The lowest BCUT2D eigenvalue weighted by atomic mass is 9.99. The highest BCUT2D eigenvalue weighted by atomic mass is 16.5. The Morgan fingerprint density at radius 2 is 1.92 bits per heavy atom. The quantitative estimate of drug-likeness (QED) is 0.818. The molecule has 0 atom stereocenters. The van der Waals surface area contributed by atoms with Crippen LogP contribution < -0.4 is 11.0 Å². The van der Waals surface area contributed by atoms with E-state index in [1.54, 1.807) is 0 Å². The smallest absolute Gasteiger partial charge is 0.345 e. The zero-order chi connectivity index (χ0) is 18.5. The molecule has 1 amide bonds. The molecule has 0 bridgehead atoms. The highest BCUT2D eigenvalue weighted by Crippen LogP contribution is 2.20. The summed E-state index contributed by atoms with van der Waals surface area (Å²) >= 11 is 0. The minimum Gasteiger partial charge on any atom is -0.381 e. The fourth-order valence-electron chi connectivity index (χ4n) is 4.12. The van der Waals surface area contributed by atoms with E-state index in [9.17, 15) is 9.59 Å². The third-order valence-electron chi connectivity index (χ3n) is 5.66. The van der Waals surface area contributed by atoms with Crippen molar-refractivity contribution in [3.8, 4) is 0 Å². The molecule has 1 aromatic heterocycles. The van der Waals surface area contributed by atoms with Crippen molar-refractivity contribution in [2.24, 2.45) is 0 Å². The number of nitrogens with zero attached hydrogens (tertiary/aromatic N) is 2. The van der Waals surface area contributed by atoms with E-state index in [0.29, 0.717) is 24.6 Å². The lowest BCUT2D eigenvalue weighted by molar-refractivity contribution is -0.122. The molecule has 2 aliphatic rings. The summed E-state index contributed by atoms with van der Waals surface area (Å²) < 4.78 is 5.44. The van der Waals surface area contributed by atoms with Crippen LogP contribution in [0.2, 0.25) is 0 Å². The molecule has 144 valence electrons. The van der Waals surface area contributed by atoms with Gasteiger partial charge in [0.2, 0.25) is 5.91 Å². The average molecular weight is 362 g/mol. The molecule has 7 heteroatoms. The van der Waals surface area contributed by atoms with E-state index >= 15 is 0 Å². The van der Waals surface area contributed by atoms with Crippen molar-refractivity contribution >= 4 is 5.91 Å². The summed E-state index contributed by atoms with van der Waals surface area (Å²) in [7, 11) is 0. The molecule has 2 aliphatic heterocycles. The number of carbonyl (C=O) groups excluding carboxylic acids is 1. The highest BCUT2D eigenvalue weighted by Gasteiger charge is 2.27. The molecular weight excluding hydrogens is 332 g/mol. The summed E-state index contributed by atoms with van der Waals surface area (Å²) in [5, 5.41) is 3.18. The van der Waals surface area contributed by atoms with Crippen LogP contribution in [0.3, 0.4) is 0 Å². The van der Waals surface area contributed by atoms with Gasteiger partial charge in [0.1, 0.15) is 0 Å². The third kappa shape index (κ3) is 4.92. The van der Waals surface area contributed by atoms with Crippen molar-refractivity contribution in [1.82, 2.24) is 20.2 Å².